The van der Waals surface area contributed by atoms with Crippen molar-refractivity contribution < 1.29 is 5.11 Å². The lowest BCUT2D eigenvalue weighted by atomic mass is 9.63. The molecule has 1 fully saturated rings. The molecule has 5 heteroatoms. The van der Waals surface area contributed by atoms with Gasteiger partial charge in [0.2, 0.25) is 0 Å². The van der Waals surface area contributed by atoms with Gasteiger partial charge in [-0.2, -0.15) is 5.10 Å². The molecule has 0 radical (unpaired) electrons. The average molecular weight is 461 g/mol. The van der Waals surface area contributed by atoms with Crippen LogP contribution in [0.1, 0.15) is 30.9 Å². The third kappa shape index (κ3) is 3.73. The Hall–Kier alpha value is -3.80. The van der Waals surface area contributed by atoms with Crippen LogP contribution >= 0.6 is 0 Å². The lowest BCUT2D eigenvalue weighted by Gasteiger charge is -2.49. The van der Waals surface area contributed by atoms with Crippen LogP contribution in [0.3, 0.4) is 0 Å². The number of fused-ring (bicyclic) bond motifs is 1. The maximum Gasteiger partial charge on any atom is 0.164 e. The molecule has 0 spiro atoms. The molecular weight excluding hydrogens is 432 g/mol. The topological polar surface area (TPSA) is 76.4 Å². The van der Waals surface area contributed by atoms with Gasteiger partial charge in [0.25, 0.3) is 0 Å². The first-order chi connectivity index (χ1) is 16.8. The molecule has 1 aliphatic rings. The monoisotopic (exact) mass is 460 g/mol. The van der Waals surface area contributed by atoms with Crippen molar-refractivity contribution in [3.8, 4) is 33.6 Å². The molecule has 6 rings (SSSR count). The zero-order valence-electron chi connectivity index (χ0n) is 19.9. The van der Waals surface area contributed by atoms with Crippen LogP contribution in [0.15, 0.2) is 91.1 Å². The molecule has 1 aliphatic carbocycles. The van der Waals surface area contributed by atoms with Gasteiger partial charge in [-0.3, -0.25) is 0 Å². The maximum absolute atomic E-state index is 10.2. The Bertz CT molecular complexity index is 1530. The molecule has 3 aromatic carbocycles. The number of aryl methyl sites for hydroxylation is 1. The second kappa shape index (κ2) is 7.87. The van der Waals surface area contributed by atoms with E-state index in [4.69, 9.17) is 15.8 Å². The number of rotatable bonds is 4. The fourth-order valence-electron chi connectivity index (χ4n) is 5.47. The van der Waals surface area contributed by atoms with E-state index in [1.54, 1.807) is 0 Å². The molecule has 0 saturated heterocycles. The molecule has 3 N–H and O–H groups in total. The summed E-state index contributed by atoms with van der Waals surface area (Å²) in [5.74, 6) is 0. The lowest BCUT2D eigenvalue weighted by Crippen LogP contribution is -2.58. The van der Waals surface area contributed by atoms with Gasteiger partial charge in [0.1, 0.15) is 5.69 Å². The van der Waals surface area contributed by atoms with Crippen molar-refractivity contribution in [2.24, 2.45) is 5.73 Å². The fourth-order valence-corrected chi connectivity index (χ4v) is 5.47. The number of hydrogen-bond acceptors (Lipinski definition) is 4. The Labute approximate surface area is 204 Å². The average Bonchev–Trinajstić information content (AvgIpc) is 3.22. The standard InChI is InChI=1S/C30H28N4O/c1-20-8-6-7-11-24(20)27-26(22-9-4-3-5-10-22)28-32-25(16-17-34(28)33-27)21-12-14-23(15-13-21)30(31)18-29(2,35)19-30/h3-17,35H,18-19,31H2,1-2H3. The molecular formula is C30H28N4O. The minimum Gasteiger partial charge on any atom is -0.390 e. The van der Waals surface area contributed by atoms with Crippen molar-refractivity contribution in [2.45, 2.75) is 37.8 Å². The summed E-state index contributed by atoms with van der Waals surface area (Å²) in [4.78, 5) is 5.08. The van der Waals surface area contributed by atoms with E-state index in [2.05, 4.69) is 55.5 Å². The van der Waals surface area contributed by atoms with Crippen molar-refractivity contribution in [3.63, 3.8) is 0 Å². The van der Waals surface area contributed by atoms with Crippen LogP contribution in [0.25, 0.3) is 39.3 Å². The fraction of sp³-hybridized carbons (Fsp3) is 0.200. The smallest absolute Gasteiger partial charge is 0.164 e. The highest BCUT2D eigenvalue weighted by Crippen LogP contribution is 2.46. The van der Waals surface area contributed by atoms with E-state index in [0.717, 1.165) is 44.9 Å². The van der Waals surface area contributed by atoms with Crippen LogP contribution in [0.2, 0.25) is 0 Å². The highest BCUT2D eigenvalue weighted by atomic mass is 16.3. The van der Waals surface area contributed by atoms with Crippen molar-refractivity contribution in [3.05, 3.63) is 102 Å². The summed E-state index contributed by atoms with van der Waals surface area (Å²) in [6.45, 7) is 3.95. The first-order valence-corrected chi connectivity index (χ1v) is 12.0. The lowest BCUT2D eigenvalue weighted by molar-refractivity contribution is -0.0738. The van der Waals surface area contributed by atoms with Crippen molar-refractivity contribution in [1.29, 1.82) is 0 Å². The van der Waals surface area contributed by atoms with Crippen LogP contribution in [-0.2, 0) is 5.54 Å². The van der Waals surface area contributed by atoms with Crippen LogP contribution in [0.5, 0.6) is 0 Å². The largest absolute Gasteiger partial charge is 0.390 e. The van der Waals surface area contributed by atoms with Gasteiger partial charge in [-0.25, -0.2) is 9.50 Å². The van der Waals surface area contributed by atoms with Crippen LogP contribution in [0, 0.1) is 6.92 Å². The Kier molecular flexibility index (Phi) is 4.88. The van der Waals surface area contributed by atoms with Crippen molar-refractivity contribution in [1.82, 2.24) is 14.6 Å². The summed E-state index contributed by atoms with van der Waals surface area (Å²) in [5, 5.41) is 15.1. The van der Waals surface area contributed by atoms with Gasteiger partial charge in [-0.15, -0.1) is 0 Å². The number of nitrogens with two attached hydrogens (primary N) is 1. The summed E-state index contributed by atoms with van der Waals surface area (Å²) >= 11 is 0. The predicted molar refractivity (Wildman–Crippen MR) is 140 cm³/mol. The van der Waals surface area contributed by atoms with E-state index in [1.165, 1.54) is 5.56 Å². The molecule has 0 unspecified atom stereocenters. The Morgan fingerprint density at radius 3 is 2.23 bits per heavy atom. The summed E-state index contributed by atoms with van der Waals surface area (Å²) in [6.07, 6.45) is 3.12. The molecule has 0 amide bonds. The number of nitrogens with zero attached hydrogens (tertiary/aromatic N) is 3. The summed E-state index contributed by atoms with van der Waals surface area (Å²) in [7, 11) is 0. The third-order valence-electron chi connectivity index (χ3n) is 7.10. The molecule has 1 saturated carbocycles. The van der Waals surface area contributed by atoms with E-state index in [-0.39, 0.29) is 0 Å². The second-order valence-corrected chi connectivity index (χ2v) is 10.1. The normalized spacial score (nSPS) is 21.7. The predicted octanol–water partition coefficient (Wildman–Crippen LogP) is 5.74. The first-order valence-electron chi connectivity index (χ1n) is 12.0. The van der Waals surface area contributed by atoms with Gasteiger partial charge in [0.05, 0.1) is 16.9 Å². The Balaban J connectivity index is 1.46. The van der Waals surface area contributed by atoms with E-state index in [0.29, 0.717) is 12.8 Å². The Morgan fingerprint density at radius 2 is 1.54 bits per heavy atom. The molecule has 174 valence electrons. The zero-order valence-corrected chi connectivity index (χ0v) is 19.9. The maximum atomic E-state index is 10.2. The minimum absolute atomic E-state index is 0.464. The van der Waals surface area contributed by atoms with E-state index >= 15 is 0 Å². The minimum atomic E-state index is -0.676. The summed E-state index contributed by atoms with van der Waals surface area (Å²) in [5.41, 5.74) is 14.5. The highest BCUT2D eigenvalue weighted by molar-refractivity contribution is 5.91. The molecule has 35 heavy (non-hydrogen) atoms. The number of aromatic nitrogens is 3. The number of benzene rings is 3. The molecule has 5 nitrogen and oxygen atoms in total. The molecule has 2 aromatic heterocycles. The first kappa shape index (κ1) is 21.7. The zero-order chi connectivity index (χ0) is 24.2. The van der Waals surface area contributed by atoms with Crippen molar-refractivity contribution in [2.75, 3.05) is 0 Å². The molecule has 0 aliphatic heterocycles. The highest BCUT2D eigenvalue weighted by Gasteiger charge is 2.49. The summed E-state index contributed by atoms with van der Waals surface area (Å²) in [6, 6.07) is 28.9. The van der Waals surface area contributed by atoms with E-state index in [9.17, 15) is 5.11 Å². The number of hydrogen-bond donors (Lipinski definition) is 2. The van der Waals surface area contributed by atoms with Gasteiger partial charge in [-0.05, 0) is 49.4 Å². The van der Waals surface area contributed by atoms with E-state index < -0.39 is 11.1 Å². The third-order valence-corrected chi connectivity index (χ3v) is 7.10. The molecule has 0 atom stereocenters. The van der Waals surface area contributed by atoms with Gasteiger partial charge >= 0.3 is 0 Å². The molecule has 2 heterocycles. The van der Waals surface area contributed by atoms with Crippen LogP contribution < -0.4 is 5.73 Å². The van der Waals surface area contributed by atoms with Crippen molar-refractivity contribution >= 4 is 5.65 Å². The van der Waals surface area contributed by atoms with Gasteiger partial charge < -0.3 is 10.8 Å². The van der Waals surface area contributed by atoms with Gasteiger partial charge in [0.15, 0.2) is 5.65 Å². The molecule has 5 aromatic rings. The summed E-state index contributed by atoms with van der Waals surface area (Å²) < 4.78 is 1.87. The molecule has 0 bridgehead atoms. The number of aliphatic hydroxyl groups is 1. The Morgan fingerprint density at radius 1 is 0.857 bits per heavy atom. The second-order valence-electron chi connectivity index (χ2n) is 10.1. The van der Waals surface area contributed by atoms with Gasteiger partial charge in [-0.1, -0.05) is 78.9 Å². The van der Waals surface area contributed by atoms with Crippen LogP contribution in [0.4, 0.5) is 0 Å². The van der Waals surface area contributed by atoms with E-state index in [1.807, 2.05) is 54.0 Å². The quantitative estimate of drug-likeness (QED) is 0.359. The SMILES string of the molecule is Cc1ccccc1-c1nn2ccc(-c3ccc(C4(N)CC(C)(O)C4)cc3)nc2c1-c1ccccc1. The van der Waals surface area contributed by atoms with Crippen LogP contribution in [-0.4, -0.2) is 25.3 Å². The van der Waals surface area contributed by atoms with Gasteiger partial charge in [0, 0.05) is 22.9 Å².